The molecule has 0 unspecified atom stereocenters. The minimum absolute atomic E-state index is 0.139. The van der Waals surface area contributed by atoms with Gasteiger partial charge in [-0.1, -0.05) is 18.2 Å². The Morgan fingerprint density at radius 2 is 1.62 bits per heavy atom. The van der Waals surface area contributed by atoms with Gasteiger partial charge < -0.3 is 5.32 Å². The van der Waals surface area contributed by atoms with Crippen LogP contribution in [0.1, 0.15) is 12.5 Å². The van der Waals surface area contributed by atoms with Crippen LogP contribution in [0.15, 0.2) is 53.4 Å². The zero-order valence-electron chi connectivity index (χ0n) is 11.8. The number of nitrogens with one attached hydrogen (secondary N) is 2. The van der Waals surface area contributed by atoms with Crippen molar-refractivity contribution >= 4 is 27.3 Å². The zero-order valence-corrected chi connectivity index (χ0v) is 12.6. The molecule has 21 heavy (non-hydrogen) atoms. The van der Waals surface area contributed by atoms with Gasteiger partial charge in [-0.15, -0.1) is 0 Å². The summed E-state index contributed by atoms with van der Waals surface area (Å²) >= 11 is 0. The molecule has 0 aliphatic heterocycles. The Hall–Kier alpha value is -2.34. The van der Waals surface area contributed by atoms with Crippen LogP contribution in [0.5, 0.6) is 0 Å². The number of hydrogen-bond acceptors (Lipinski definition) is 3. The number of amides is 1. The average Bonchev–Trinajstić information content (AvgIpc) is 2.41. The molecule has 0 saturated carbocycles. The number of sulfonamides is 1. The molecule has 5 nitrogen and oxygen atoms in total. The molecule has 2 N–H and O–H groups in total. The second kappa shape index (κ2) is 5.97. The van der Waals surface area contributed by atoms with E-state index in [2.05, 4.69) is 10.0 Å². The number of hydrogen-bond donors (Lipinski definition) is 2. The Balaban J connectivity index is 2.24. The molecule has 0 bridgehead atoms. The third-order valence-corrected chi connectivity index (χ3v) is 4.26. The quantitative estimate of drug-likeness (QED) is 0.912. The highest BCUT2D eigenvalue weighted by Crippen LogP contribution is 2.20. The number of carbonyl (C=O) groups is 1. The molecule has 0 spiro atoms. The van der Waals surface area contributed by atoms with E-state index < -0.39 is 10.0 Å². The second-order valence-corrected chi connectivity index (χ2v) is 6.31. The third-order valence-electron chi connectivity index (χ3n) is 2.87. The highest BCUT2D eigenvalue weighted by atomic mass is 32.2. The Bertz CT molecular complexity index is 753. The van der Waals surface area contributed by atoms with Gasteiger partial charge in [0.15, 0.2) is 0 Å². The zero-order chi connectivity index (χ0) is 15.5. The monoisotopic (exact) mass is 304 g/mol. The molecule has 0 heterocycles. The van der Waals surface area contributed by atoms with Crippen molar-refractivity contribution in [1.29, 1.82) is 0 Å². The molecule has 0 saturated heterocycles. The molecular formula is C15H16N2O3S. The summed E-state index contributed by atoms with van der Waals surface area (Å²) in [7, 11) is -3.64. The van der Waals surface area contributed by atoms with E-state index in [1.54, 1.807) is 24.3 Å². The summed E-state index contributed by atoms with van der Waals surface area (Å²) in [6.45, 7) is 3.22. The Morgan fingerprint density at radius 3 is 2.19 bits per heavy atom. The number of aryl methyl sites for hydroxylation is 1. The molecule has 1 amide bonds. The standard InChI is InChI=1S/C15H16N2O3S/c1-11-5-3-4-6-15(11)17-21(19,20)14-9-7-13(8-10-14)16-12(2)18/h3-10,17H,1-2H3,(H,16,18). The molecule has 6 heteroatoms. The summed E-state index contributed by atoms with van der Waals surface area (Å²) in [5.74, 6) is -0.205. The minimum Gasteiger partial charge on any atom is -0.326 e. The van der Waals surface area contributed by atoms with Gasteiger partial charge in [-0.3, -0.25) is 9.52 Å². The normalized spacial score (nSPS) is 11.0. The first-order valence-electron chi connectivity index (χ1n) is 6.34. The molecule has 0 atom stereocenters. The molecule has 110 valence electrons. The first-order chi connectivity index (χ1) is 9.88. The van der Waals surface area contributed by atoms with Gasteiger partial charge in [-0.05, 0) is 42.8 Å². The molecule has 2 aromatic rings. The van der Waals surface area contributed by atoms with Crippen LogP contribution in [0.3, 0.4) is 0 Å². The van der Waals surface area contributed by atoms with E-state index in [1.165, 1.54) is 19.1 Å². The van der Waals surface area contributed by atoms with E-state index in [4.69, 9.17) is 0 Å². The molecular weight excluding hydrogens is 288 g/mol. The van der Waals surface area contributed by atoms with Crippen LogP contribution in [0.4, 0.5) is 11.4 Å². The fraction of sp³-hybridized carbons (Fsp3) is 0.133. The summed E-state index contributed by atoms with van der Waals surface area (Å²) < 4.78 is 27.1. The van der Waals surface area contributed by atoms with Gasteiger partial charge in [-0.25, -0.2) is 8.42 Å². The van der Waals surface area contributed by atoms with Crippen LogP contribution in [0.25, 0.3) is 0 Å². The van der Waals surface area contributed by atoms with E-state index >= 15 is 0 Å². The van der Waals surface area contributed by atoms with Gasteiger partial charge in [0.1, 0.15) is 0 Å². The molecule has 2 rings (SSSR count). The van der Waals surface area contributed by atoms with Gasteiger partial charge >= 0.3 is 0 Å². The summed E-state index contributed by atoms with van der Waals surface area (Å²) in [4.78, 5) is 11.1. The van der Waals surface area contributed by atoms with Crippen LogP contribution in [-0.4, -0.2) is 14.3 Å². The molecule has 2 aromatic carbocycles. The predicted octanol–water partition coefficient (Wildman–Crippen LogP) is 2.75. The molecule has 0 fully saturated rings. The lowest BCUT2D eigenvalue weighted by Gasteiger charge is -2.11. The van der Waals surface area contributed by atoms with Crippen molar-refractivity contribution in [2.24, 2.45) is 0 Å². The number of rotatable bonds is 4. The van der Waals surface area contributed by atoms with Gasteiger partial charge in [0.05, 0.1) is 10.6 Å². The minimum atomic E-state index is -3.64. The van der Waals surface area contributed by atoms with Gasteiger partial charge in [-0.2, -0.15) is 0 Å². The maximum absolute atomic E-state index is 12.3. The maximum atomic E-state index is 12.3. The highest BCUT2D eigenvalue weighted by Gasteiger charge is 2.14. The lowest BCUT2D eigenvalue weighted by atomic mass is 10.2. The Kier molecular flexibility index (Phi) is 4.28. The topological polar surface area (TPSA) is 75.3 Å². The van der Waals surface area contributed by atoms with Crippen LogP contribution in [-0.2, 0) is 14.8 Å². The average molecular weight is 304 g/mol. The number of anilines is 2. The first kappa shape index (κ1) is 15.1. The van der Waals surface area contributed by atoms with Crippen LogP contribution >= 0.6 is 0 Å². The fourth-order valence-electron chi connectivity index (χ4n) is 1.81. The van der Waals surface area contributed by atoms with Crippen molar-refractivity contribution < 1.29 is 13.2 Å². The van der Waals surface area contributed by atoms with E-state index in [1.807, 2.05) is 19.1 Å². The SMILES string of the molecule is CC(=O)Nc1ccc(S(=O)(=O)Nc2ccccc2C)cc1. The van der Waals surface area contributed by atoms with Gasteiger partial charge in [0, 0.05) is 12.6 Å². The number of carbonyl (C=O) groups excluding carboxylic acids is 1. The van der Waals surface area contributed by atoms with E-state index in [0.717, 1.165) is 5.56 Å². The molecule has 0 aliphatic rings. The Morgan fingerprint density at radius 1 is 1.00 bits per heavy atom. The van der Waals surface area contributed by atoms with Crippen molar-refractivity contribution in [3.05, 3.63) is 54.1 Å². The van der Waals surface area contributed by atoms with Crippen molar-refractivity contribution in [3.8, 4) is 0 Å². The van der Waals surface area contributed by atoms with E-state index in [0.29, 0.717) is 11.4 Å². The van der Waals surface area contributed by atoms with Gasteiger partial charge in [0.2, 0.25) is 5.91 Å². The predicted molar refractivity (Wildman–Crippen MR) is 82.7 cm³/mol. The summed E-state index contributed by atoms with van der Waals surface area (Å²) in [6, 6.07) is 13.1. The van der Waals surface area contributed by atoms with Crippen molar-refractivity contribution in [2.45, 2.75) is 18.7 Å². The van der Waals surface area contributed by atoms with E-state index in [9.17, 15) is 13.2 Å². The van der Waals surface area contributed by atoms with E-state index in [-0.39, 0.29) is 10.8 Å². The largest absolute Gasteiger partial charge is 0.326 e. The second-order valence-electron chi connectivity index (χ2n) is 4.63. The highest BCUT2D eigenvalue weighted by molar-refractivity contribution is 7.92. The van der Waals surface area contributed by atoms with Crippen molar-refractivity contribution in [3.63, 3.8) is 0 Å². The molecule has 0 radical (unpaired) electrons. The van der Waals surface area contributed by atoms with Crippen molar-refractivity contribution in [2.75, 3.05) is 10.0 Å². The van der Waals surface area contributed by atoms with Crippen LogP contribution in [0, 0.1) is 6.92 Å². The third kappa shape index (κ3) is 3.82. The number of benzene rings is 2. The summed E-state index contributed by atoms with van der Waals surface area (Å²) in [5.41, 5.74) is 1.94. The van der Waals surface area contributed by atoms with Crippen LogP contribution < -0.4 is 10.0 Å². The van der Waals surface area contributed by atoms with Crippen LogP contribution in [0.2, 0.25) is 0 Å². The fourth-order valence-corrected chi connectivity index (χ4v) is 2.94. The van der Waals surface area contributed by atoms with Gasteiger partial charge in [0.25, 0.3) is 10.0 Å². The molecule has 0 aromatic heterocycles. The smallest absolute Gasteiger partial charge is 0.261 e. The maximum Gasteiger partial charge on any atom is 0.261 e. The summed E-state index contributed by atoms with van der Waals surface area (Å²) in [5, 5.41) is 2.59. The first-order valence-corrected chi connectivity index (χ1v) is 7.83. The lowest BCUT2D eigenvalue weighted by molar-refractivity contribution is -0.114. The molecule has 0 aliphatic carbocycles. The Labute approximate surface area is 124 Å². The lowest BCUT2D eigenvalue weighted by Crippen LogP contribution is -2.14. The summed E-state index contributed by atoms with van der Waals surface area (Å²) in [6.07, 6.45) is 0. The number of para-hydroxylation sites is 1. The van der Waals surface area contributed by atoms with Crippen molar-refractivity contribution in [1.82, 2.24) is 0 Å².